The van der Waals surface area contributed by atoms with Crippen LogP contribution in [0.5, 0.6) is 0 Å². The third-order valence-corrected chi connectivity index (χ3v) is 2.53. The van der Waals surface area contributed by atoms with Gasteiger partial charge in [0.05, 0.1) is 6.10 Å². The molecule has 1 heterocycles. The Morgan fingerprint density at radius 3 is 2.62 bits per heavy atom. The van der Waals surface area contributed by atoms with Crippen molar-refractivity contribution in [3.63, 3.8) is 0 Å². The minimum absolute atomic E-state index is 0.286. The molecule has 0 aliphatic heterocycles. The first kappa shape index (κ1) is 13.0. The zero-order valence-electron chi connectivity index (χ0n) is 8.28. The molecule has 0 aromatic carbocycles. The number of aliphatic hydroxyl groups is 2. The fourth-order valence-electron chi connectivity index (χ4n) is 1.17. The summed E-state index contributed by atoms with van der Waals surface area (Å²) in [6.07, 6.45) is -0.410. The summed E-state index contributed by atoms with van der Waals surface area (Å²) >= 11 is 3.15. The van der Waals surface area contributed by atoms with Crippen LogP contribution < -0.4 is 0 Å². The third-order valence-electron chi connectivity index (χ3n) is 2.07. The number of rotatable bonds is 5. The zero-order valence-corrected chi connectivity index (χ0v) is 9.87. The number of pyridine rings is 1. The van der Waals surface area contributed by atoms with Crippen LogP contribution in [0.15, 0.2) is 18.3 Å². The second-order valence-electron chi connectivity index (χ2n) is 3.20. The van der Waals surface area contributed by atoms with Gasteiger partial charge in [-0.3, -0.25) is 0 Å². The quantitative estimate of drug-likeness (QED) is 0.482. The van der Waals surface area contributed by atoms with E-state index in [-0.39, 0.29) is 5.82 Å². The van der Waals surface area contributed by atoms with E-state index < -0.39 is 17.1 Å². The van der Waals surface area contributed by atoms with Crippen LogP contribution in [0.25, 0.3) is 0 Å². The van der Waals surface area contributed by atoms with Gasteiger partial charge in [-0.15, -0.1) is 0 Å². The fourth-order valence-corrected chi connectivity index (χ4v) is 1.64. The van der Waals surface area contributed by atoms with Crippen molar-refractivity contribution in [3.05, 3.63) is 34.0 Å². The first-order chi connectivity index (χ1) is 7.56. The fraction of sp³-hybridized carbons (Fsp3) is 0.444. The van der Waals surface area contributed by atoms with Gasteiger partial charge in [0, 0.05) is 17.0 Å². The van der Waals surface area contributed by atoms with E-state index in [1.165, 1.54) is 18.3 Å². The number of nitro groups is 1. The highest BCUT2D eigenvalue weighted by Gasteiger charge is 2.20. The van der Waals surface area contributed by atoms with E-state index in [9.17, 15) is 20.3 Å². The molecule has 2 unspecified atom stereocenters. The maximum Gasteiger partial charge on any atom is 0.363 e. The van der Waals surface area contributed by atoms with Crippen LogP contribution in [0.2, 0.25) is 0 Å². The first-order valence-electron chi connectivity index (χ1n) is 4.58. The van der Waals surface area contributed by atoms with Crippen molar-refractivity contribution in [1.82, 2.24) is 4.98 Å². The smallest absolute Gasteiger partial charge is 0.363 e. The van der Waals surface area contributed by atoms with Crippen LogP contribution >= 0.6 is 15.9 Å². The average molecular weight is 291 g/mol. The van der Waals surface area contributed by atoms with Gasteiger partial charge in [0.1, 0.15) is 12.3 Å². The van der Waals surface area contributed by atoms with Crippen LogP contribution in [0.3, 0.4) is 0 Å². The monoisotopic (exact) mass is 290 g/mol. The van der Waals surface area contributed by atoms with Gasteiger partial charge in [0.15, 0.2) is 0 Å². The lowest BCUT2D eigenvalue weighted by molar-refractivity contribution is -0.389. The highest BCUT2D eigenvalue weighted by atomic mass is 79.9. The van der Waals surface area contributed by atoms with Crippen molar-refractivity contribution in [3.8, 4) is 0 Å². The molecule has 0 radical (unpaired) electrons. The van der Waals surface area contributed by atoms with Crippen LogP contribution in [0, 0.1) is 10.1 Å². The highest BCUT2D eigenvalue weighted by molar-refractivity contribution is 9.09. The average Bonchev–Trinajstić information content (AvgIpc) is 2.28. The van der Waals surface area contributed by atoms with Crippen molar-refractivity contribution in [2.45, 2.75) is 18.6 Å². The second kappa shape index (κ2) is 5.88. The number of hydrogen-bond acceptors (Lipinski definition) is 5. The Labute approximate surface area is 100 Å². The Bertz CT molecular complexity index is 357. The summed E-state index contributed by atoms with van der Waals surface area (Å²) in [6.45, 7) is 0. The van der Waals surface area contributed by atoms with Crippen LogP contribution in [-0.2, 0) is 0 Å². The SMILES string of the molecule is O=[N+]([O-])c1ccc(C(O)C(O)CCBr)cn1. The summed E-state index contributed by atoms with van der Waals surface area (Å²) in [7, 11) is 0. The lowest BCUT2D eigenvalue weighted by atomic mass is 10.0. The summed E-state index contributed by atoms with van der Waals surface area (Å²) < 4.78 is 0. The molecule has 0 aliphatic rings. The predicted molar refractivity (Wildman–Crippen MR) is 60.3 cm³/mol. The molecule has 1 aromatic rings. The maximum atomic E-state index is 10.3. The highest BCUT2D eigenvalue weighted by Crippen LogP contribution is 2.20. The molecule has 2 atom stereocenters. The molecule has 2 N–H and O–H groups in total. The number of hydrogen-bond donors (Lipinski definition) is 2. The minimum Gasteiger partial charge on any atom is -0.390 e. The largest absolute Gasteiger partial charge is 0.390 e. The number of halogens is 1. The van der Waals surface area contributed by atoms with Gasteiger partial charge in [0.2, 0.25) is 0 Å². The Morgan fingerprint density at radius 2 is 2.19 bits per heavy atom. The van der Waals surface area contributed by atoms with E-state index in [1.807, 2.05) is 0 Å². The molecule has 1 aromatic heterocycles. The Balaban J connectivity index is 2.77. The third kappa shape index (κ3) is 3.22. The molecule has 16 heavy (non-hydrogen) atoms. The van der Waals surface area contributed by atoms with E-state index >= 15 is 0 Å². The summed E-state index contributed by atoms with van der Waals surface area (Å²) in [5.41, 5.74) is 0.360. The number of alkyl halides is 1. The van der Waals surface area contributed by atoms with Gasteiger partial charge in [-0.2, -0.15) is 0 Å². The summed E-state index contributed by atoms with van der Waals surface area (Å²) in [4.78, 5) is 13.3. The van der Waals surface area contributed by atoms with Crippen molar-refractivity contribution >= 4 is 21.7 Å². The summed E-state index contributed by atoms with van der Waals surface area (Å²) in [5.74, 6) is -0.286. The maximum absolute atomic E-state index is 10.3. The van der Waals surface area contributed by atoms with E-state index in [1.54, 1.807) is 0 Å². The summed E-state index contributed by atoms with van der Waals surface area (Å²) in [5, 5.41) is 30.1. The van der Waals surface area contributed by atoms with Gasteiger partial charge in [0.25, 0.3) is 0 Å². The molecule has 88 valence electrons. The molecule has 0 bridgehead atoms. The van der Waals surface area contributed by atoms with Gasteiger partial charge >= 0.3 is 5.82 Å². The van der Waals surface area contributed by atoms with Crippen molar-refractivity contribution in [1.29, 1.82) is 0 Å². The predicted octanol–water partition coefficient (Wildman–Crippen LogP) is 1.17. The Morgan fingerprint density at radius 1 is 1.50 bits per heavy atom. The van der Waals surface area contributed by atoms with Crippen molar-refractivity contribution in [2.75, 3.05) is 5.33 Å². The molecular formula is C9H11BrN2O4. The van der Waals surface area contributed by atoms with Crippen LogP contribution in [-0.4, -0.2) is 31.6 Å². The molecule has 7 heteroatoms. The number of nitrogens with zero attached hydrogens (tertiary/aromatic N) is 2. The lowest BCUT2D eigenvalue weighted by Crippen LogP contribution is -2.18. The molecular weight excluding hydrogens is 280 g/mol. The van der Waals surface area contributed by atoms with Crippen molar-refractivity contribution in [2.24, 2.45) is 0 Å². The van der Waals surface area contributed by atoms with Gasteiger partial charge < -0.3 is 20.3 Å². The topological polar surface area (TPSA) is 96.5 Å². The molecule has 0 saturated heterocycles. The van der Waals surface area contributed by atoms with Gasteiger partial charge in [-0.25, -0.2) is 0 Å². The molecule has 0 aliphatic carbocycles. The van der Waals surface area contributed by atoms with E-state index in [0.717, 1.165) is 0 Å². The zero-order chi connectivity index (χ0) is 12.1. The molecule has 0 amide bonds. The molecule has 0 saturated carbocycles. The normalized spacial score (nSPS) is 14.4. The molecule has 6 nitrogen and oxygen atoms in total. The second-order valence-corrected chi connectivity index (χ2v) is 3.99. The molecule has 0 fully saturated rings. The lowest BCUT2D eigenvalue weighted by Gasteiger charge is -2.15. The van der Waals surface area contributed by atoms with E-state index in [0.29, 0.717) is 17.3 Å². The number of aliphatic hydroxyl groups excluding tert-OH is 2. The Kier molecular flexibility index (Phi) is 4.78. The van der Waals surface area contributed by atoms with Gasteiger partial charge in [-0.1, -0.05) is 15.9 Å². The van der Waals surface area contributed by atoms with Gasteiger partial charge in [-0.05, 0) is 22.4 Å². The van der Waals surface area contributed by atoms with E-state index in [2.05, 4.69) is 20.9 Å². The molecule has 0 spiro atoms. The minimum atomic E-state index is -1.08. The van der Waals surface area contributed by atoms with Crippen LogP contribution in [0.4, 0.5) is 5.82 Å². The summed E-state index contributed by atoms with van der Waals surface area (Å²) in [6, 6.07) is 2.58. The molecule has 1 rings (SSSR count). The van der Waals surface area contributed by atoms with E-state index in [4.69, 9.17) is 0 Å². The Hall–Kier alpha value is -1.05. The standard InChI is InChI=1S/C9H11BrN2O4/c10-4-3-7(13)9(14)6-1-2-8(11-5-6)12(15)16/h1-2,5,7,9,13-14H,3-4H2. The van der Waals surface area contributed by atoms with Crippen molar-refractivity contribution < 1.29 is 15.1 Å². The first-order valence-corrected chi connectivity index (χ1v) is 5.71. The number of aromatic nitrogens is 1. The van der Waals surface area contributed by atoms with Crippen LogP contribution in [0.1, 0.15) is 18.1 Å².